The van der Waals surface area contributed by atoms with Crippen LogP contribution in [-0.4, -0.2) is 0 Å². The van der Waals surface area contributed by atoms with Crippen molar-refractivity contribution in [2.24, 2.45) is 0 Å². The largest absolute Gasteiger partial charge is 0.354 e. The zero-order chi connectivity index (χ0) is 10.9. The van der Waals surface area contributed by atoms with Crippen molar-refractivity contribution in [2.45, 2.75) is 13.1 Å². The Bertz CT molecular complexity index is 301. The molecule has 0 saturated carbocycles. The highest BCUT2D eigenvalue weighted by Crippen LogP contribution is 2.22. The molecule has 1 aromatic carbocycles. The number of hydrogen-bond donors (Lipinski definition) is 2. The fourth-order valence-corrected chi connectivity index (χ4v) is 1.16. The summed E-state index contributed by atoms with van der Waals surface area (Å²) in [5.74, 6) is -5.51. The Labute approximate surface area is 77.5 Å². The SMILES string of the molecule is [NH3+]Cc1c(F)c(F)c(C[NH3+])c(F)c1F. The van der Waals surface area contributed by atoms with Crippen LogP contribution in [0.3, 0.4) is 0 Å². The Morgan fingerprint density at radius 3 is 1.00 bits per heavy atom. The zero-order valence-corrected chi connectivity index (χ0v) is 7.34. The maximum atomic E-state index is 13.0. The smallest absolute Gasteiger partial charge is 0.171 e. The van der Waals surface area contributed by atoms with Crippen molar-refractivity contribution >= 4 is 0 Å². The van der Waals surface area contributed by atoms with Crippen molar-refractivity contribution in [3.63, 3.8) is 0 Å². The third-order valence-electron chi connectivity index (χ3n) is 1.95. The van der Waals surface area contributed by atoms with Gasteiger partial charge in [-0.25, -0.2) is 17.6 Å². The molecule has 0 spiro atoms. The minimum absolute atomic E-state index is 0.344. The number of benzene rings is 1. The fourth-order valence-electron chi connectivity index (χ4n) is 1.16. The van der Waals surface area contributed by atoms with Crippen LogP contribution in [0.25, 0.3) is 0 Å². The third-order valence-corrected chi connectivity index (χ3v) is 1.95. The number of quaternary nitrogens is 2. The molecule has 0 aliphatic carbocycles. The minimum atomic E-state index is -1.38. The van der Waals surface area contributed by atoms with E-state index in [9.17, 15) is 17.6 Å². The molecule has 78 valence electrons. The van der Waals surface area contributed by atoms with Crippen molar-refractivity contribution in [3.05, 3.63) is 34.4 Å². The molecule has 2 nitrogen and oxygen atoms in total. The van der Waals surface area contributed by atoms with Gasteiger partial charge in [-0.3, -0.25) is 0 Å². The standard InChI is InChI=1S/C8H8F4N2/c9-5-3(1-13)6(10)8(12)4(2-14)7(5)11/h1-2,13-14H2/p+2. The normalized spacial score (nSPS) is 10.7. The van der Waals surface area contributed by atoms with Gasteiger partial charge in [0.25, 0.3) is 0 Å². The van der Waals surface area contributed by atoms with Gasteiger partial charge in [0, 0.05) is 0 Å². The van der Waals surface area contributed by atoms with Crippen molar-refractivity contribution in [2.75, 3.05) is 0 Å². The first-order valence-corrected chi connectivity index (χ1v) is 3.96. The topological polar surface area (TPSA) is 55.3 Å². The van der Waals surface area contributed by atoms with Crippen LogP contribution >= 0.6 is 0 Å². The molecule has 0 bridgehead atoms. The van der Waals surface area contributed by atoms with Crippen LogP contribution in [0.2, 0.25) is 0 Å². The molecular formula is C8H10F4N2+2. The number of rotatable bonds is 2. The molecule has 0 aromatic heterocycles. The van der Waals surface area contributed by atoms with Crippen LogP contribution in [0.4, 0.5) is 17.6 Å². The van der Waals surface area contributed by atoms with Crippen LogP contribution in [0.15, 0.2) is 0 Å². The maximum absolute atomic E-state index is 13.0. The van der Waals surface area contributed by atoms with Crippen LogP contribution in [0.5, 0.6) is 0 Å². The van der Waals surface area contributed by atoms with Crippen LogP contribution in [0.1, 0.15) is 11.1 Å². The van der Waals surface area contributed by atoms with E-state index in [2.05, 4.69) is 11.5 Å². The van der Waals surface area contributed by atoms with Crippen molar-refractivity contribution < 1.29 is 29.0 Å². The van der Waals surface area contributed by atoms with Gasteiger partial charge in [-0.15, -0.1) is 0 Å². The van der Waals surface area contributed by atoms with E-state index >= 15 is 0 Å². The van der Waals surface area contributed by atoms with E-state index < -0.39 is 34.4 Å². The first kappa shape index (κ1) is 10.9. The second-order valence-electron chi connectivity index (χ2n) is 2.71. The van der Waals surface area contributed by atoms with E-state index in [0.29, 0.717) is 0 Å². The van der Waals surface area contributed by atoms with Crippen LogP contribution in [-0.2, 0) is 13.1 Å². The average Bonchev–Trinajstić information content (AvgIpc) is 2.17. The lowest BCUT2D eigenvalue weighted by molar-refractivity contribution is -0.389. The average molecular weight is 210 g/mol. The Morgan fingerprint density at radius 1 is 0.643 bits per heavy atom. The van der Waals surface area contributed by atoms with Crippen LogP contribution in [0, 0.1) is 23.3 Å². The van der Waals surface area contributed by atoms with E-state index in [1.807, 2.05) is 0 Å². The van der Waals surface area contributed by atoms with Gasteiger partial charge >= 0.3 is 0 Å². The van der Waals surface area contributed by atoms with Gasteiger partial charge in [0.05, 0.1) is 11.1 Å². The Balaban J connectivity index is 3.55. The molecule has 1 rings (SSSR count). The lowest BCUT2D eigenvalue weighted by atomic mass is 10.1. The van der Waals surface area contributed by atoms with Crippen molar-refractivity contribution in [1.82, 2.24) is 0 Å². The Hall–Kier alpha value is -1.14. The summed E-state index contributed by atoms with van der Waals surface area (Å²) in [6.07, 6.45) is 0. The van der Waals surface area contributed by atoms with E-state index in [1.165, 1.54) is 0 Å². The van der Waals surface area contributed by atoms with Gasteiger partial charge < -0.3 is 11.5 Å². The molecular weight excluding hydrogens is 200 g/mol. The molecule has 6 N–H and O–H groups in total. The van der Waals surface area contributed by atoms with E-state index in [0.717, 1.165) is 0 Å². The molecule has 0 amide bonds. The summed E-state index contributed by atoms with van der Waals surface area (Å²) >= 11 is 0. The summed E-state index contributed by atoms with van der Waals surface area (Å²) in [7, 11) is 0. The van der Waals surface area contributed by atoms with Gasteiger partial charge in [0.1, 0.15) is 13.1 Å². The summed E-state index contributed by atoms with van der Waals surface area (Å²) < 4.78 is 52.2. The lowest BCUT2D eigenvalue weighted by Crippen LogP contribution is -2.50. The highest BCUT2D eigenvalue weighted by molar-refractivity contribution is 5.28. The summed E-state index contributed by atoms with van der Waals surface area (Å²) in [4.78, 5) is 0. The quantitative estimate of drug-likeness (QED) is 0.498. The monoisotopic (exact) mass is 210 g/mol. The predicted octanol–water partition coefficient (Wildman–Crippen LogP) is -0.273. The number of halogens is 4. The van der Waals surface area contributed by atoms with Gasteiger partial charge in [-0.2, -0.15) is 0 Å². The molecule has 14 heavy (non-hydrogen) atoms. The predicted molar refractivity (Wildman–Crippen MR) is 39.5 cm³/mol. The zero-order valence-electron chi connectivity index (χ0n) is 7.34. The second-order valence-corrected chi connectivity index (χ2v) is 2.71. The summed E-state index contributed by atoms with van der Waals surface area (Å²) in [5, 5.41) is 0. The minimum Gasteiger partial charge on any atom is -0.354 e. The molecule has 6 heteroatoms. The molecule has 0 heterocycles. The van der Waals surface area contributed by atoms with Gasteiger partial charge in [-0.1, -0.05) is 0 Å². The van der Waals surface area contributed by atoms with Crippen LogP contribution < -0.4 is 11.5 Å². The Kier molecular flexibility index (Phi) is 3.07. The number of hydrogen-bond acceptors (Lipinski definition) is 0. The summed E-state index contributed by atoms with van der Waals surface area (Å²) in [5.41, 5.74) is 5.03. The summed E-state index contributed by atoms with van der Waals surface area (Å²) in [6, 6.07) is 0. The second kappa shape index (κ2) is 3.93. The molecule has 0 aliphatic heterocycles. The molecule has 0 unspecified atom stereocenters. The van der Waals surface area contributed by atoms with Crippen molar-refractivity contribution in [3.8, 4) is 0 Å². The molecule has 0 saturated heterocycles. The van der Waals surface area contributed by atoms with E-state index in [4.69, 9.17) is 0 Å². The van der Waals surface area contributed by atoms with Crippen molar-refractivity contribution in [1.29, 1.82) is 0 Å². The lowest BCUT2D eigenvalue weighted by Gasteiger charge is -2.06. The molecule has 1 aromatic rings. The Morgan fingerprint density at radius 2 is 0.857 bits per heavy atom. The van der Waals surface area contributed by atoms with Gasteiger partial charge in [-0.05, 0) is 0 Å². The molecule has 0 radical (unpaired) electrons. The molecule has 0 aliphatic rings. The van der Waals surface area contributed by atoms with Gasteiger partial charge in [0.15, 0.2) is 23.3 Å². The highest BCUT2D eigenvalue weighted by atomic mass is 19.2. The molecule has 0 fully saturated rings. The van der Waals surface area contributed by atoms with Gasteiger partial charge in [0.2, 0.25) is 0 Å². The molecule has 0 atom stereocenters. The first-order valence-electron chi connectivity index (χ1n) is 3.96. The van der Waals surface area contributed by atoms with E-state index in [1.54, 1.807) is 0 Å². The first-order chi connectivity index (χ1) is 6.54. The highest BCUT2D eigenvalue weighted by Gasteiger charge is 2.25. The maximum Gasteiger partial charge on any atom is 0.171 e. The summed E-state index contributed by atoms with van der Waals surface area (Å²) in [6.45, 7) is -0.689. The van der Waals surface area contributed by atoms with E-state index in [-0.39, 0.29) is 13.1 Å². The fraction of sp³-hybridized carbons (Fsp3) is 0.250. The third kappa shape index (κ3) is 1.46.